The van der Waals surface area contributed by atoms with Crippen LogP contribution in [0.15, 0.2) is 5.16 Å². The van der Waals surface area contributed by atoms with Crippen molar-refractivity contribution in [1.29, 1.82) is 0 Å². The number of nitrogens with two attached hydrogens (primary N) is 1. The van der Waals surface area contributed by atoms with Gasteiger partial charge in [-0.05, 0) is 5.92 Å². The highest BCUT2D eigenvalue weighted by Gasteiger charge is 2.27. The minimum absolute atomic E-state index is 0.129. The van der Waals surface area contributed by atoms with Gasteiger partial charge in [0.15, 0.2) is 5.84 Å². The summed E-state index contributed by atoms with van der Waals surface area (Å²) in [7, 11) is 0. The van der Waals surface area contributed by atoms with Crippen LogP contribution in [0, 0.1) is 5.92 Å². The molecule has 6 nitrogen and oxygen atoms in total. The molecule has 4 N–H and O–H groups in total. The second-order valence-electron chi connectivity index (χ2n) is 4.23. The minimum Gasteiger partial charge on any atom is -0.409 e. The van der Waals surface area contributed by atoms with Gasteiger partial charge in [0.05, 0.1) is 12.6 Å². The van der Waals surface area contributed by atoms with Gasteiger partial charge in [0, 0.05) is 6.42 Å². The largest absolute Gasteiger partial charge is 0.411 e. The molecule has 0 aliphatic heterocycles. The summed E-state index contributed by atoms with van der Waals surface area (Å²) in [6.45, 7) is 1.73. The summed E-state index contributed by atoms with van der Waals surface area (Å²) < 4.78 is 39.6. The van der Waals surface area contributed by atoms with Crippen molar-refractivity contribution < 1.29 is 27.9 Å². The van der Waals surface area contributed by atoms with E-state index in [4.69, 9.17) is 10.9 Å². The lowest BCUT2D eigenvalue weighted by Crippen LogP contribution is -2.48. The summed E-state index contributed by atoms with van der Waals surface area (Å²) in [6.07, 6.45) is -4.65. The van der Waals surface area contributed by atoms with Crippen LogP contribution in [0.1, 0.15) is 20.3 Å². The summed E-state index contributed by atoms with van der Waals surface area (Å²) in [4.78, 5) is 11.4. The van der Waals surface area contributed by atoms with Crippen LogP contribution in [0.2, 0.25) is 0 Å². The molecule has 0 aliphatic carbocycles. The number of rotatable bonds is 7. The highest BCUT2D eigenvalue weighted by atomic mass is 19.4. The number of nitrogens with one attached hydrogen (secondary N) is 1. The Morgan fingerprint density at radius 1 is 1.47 bits per heavy atom. The lowest BCUT2D eigenvalue weighted by Gasteiger charge is -2.20. The summed E-state index contributed by atoms with van der Waals surface area (Å²) >= 11 is 0. The number of ether oxygens (including phenoxy) is 1. The first-order valence-corrected chi connectivity index (χ1v) is 5.58. The van der Waals surface area contributed by atoms with Gasteiger partial charge >= 0.3 is 6.18 Å². The SMILES string of the molecule is CC(C)C(NC(=O)CCOCC(F)(F)F)C(N)=NO. The number of halogens is 3. The monoisotopic (exact) mass is 285 g/mol. The molecule has 0 aromatic carbocycles. The van der Waals surface area contributed by atoms with Gasteiger partial charge in [-0.25, -0.2) is 0 Å². The first-order chi connectivity index (χ1) is 8.67. The number of amides is 1. The standard InChI is InChI=1S/C10H18F3N3O3/c1-6(2)8(9(14)16-18)15-7(17)3-4-19-5-10(11,12)13/h6,8,18H,3-5H2,1-2H3,(H2,14,16)(H,15,17). The summed E-state index contributed by atoms with van der Waals surface area (Å²) in [5, 5.41) is 13.8. The maximum Gasteiger partial charge on any atom is 0.411 e. The Labute approximate surface area is 108 Å². The molecule has 1 amide bonds. The number of alkyl halides is 3. The number of nitrogens with zero attached hydrogens (tertiary/aromatic N) is 1. The van der Waals surface area contributed by atoms with Crippen LogP contribution in [0.25, 0.3) is 0 Å². The Balaban J connectivity index is 4.08. The molecular weight excluding hydrogens is 267 g/mol. The number of hydrogen-bond donors (Lipinski definition) is 3. The predicted molar refractivity (Wildman–Crippen MR) is 61.7 cm³/mol. The summed E-state index contributed by atoms with van der Waals surface area (Å²) in [5.41, 5.74) is 5.38. The van der Waals surface area contributed by atoms with Gasteiger partial charge in [0.2, 0.25) is 5.91 Å². The molecule has 0 aromatic rings. The number of hydrogen-bond acceptors (Lipinski definition) is 4. The third-order valence-electron chi connectivity index (χ3n) is 2.16. The van der Waals surface area contributed by atoms with Crippen molar-refractivity contribution in [2.24, 2.45) is 16.8 Å². The van der Waals surface area contributed by atoms with Crippen LogP contribution < -0.4 is 11.1 Å². The van der Waals surface area contributed by atoms with Crippen LogP contribution in [0.4, 0.5) is 13.2 Å². The Morgan fingerprint density at radius 3 is 2.47 bits per heavy atom. The summed E-state index contributed by atoms with van der Waals surface area (Å²) in [6, 6.07) is -0.680. The van der Waals surface area contributed by atoms with Crippen LogP contribution in [0.3, 0.4) is 0 Å². The first kappa shape index (κ1) is 17.5. The highest BCUT2D eigenvalue weighted by Crippen LogP contribution is 2.14. The zero-order valence-electron chi connectivity index (χ0n) is 10.7. The molecule has 0 saturated carbocycles. The number of carbonyl (C=O) groups is 1. The molecule has 0 rings (SSSR count). The zero-order valence-corrected chi connectivity index (χ0v) is 10.7. The number of amidine groups is 1. The van der Waals surface area contributed by atoms with E-state index in [9.17, 15) is 18.0 Å². The van der Waals surface area contributed by atoms with E-state index in [0.717, 1.165) is 0 Å². The van der Waals surface area contributed by atoms with E-state index < -0.39 is 24.7 Å². The molecule has 0 bridgehead atoms. The molecule has 0 radical (unpaired) electrons. The van der Waals surface area contributed by atoms with Crippen molar-refractivity contribution in [1.82, 2.24) is 5.32 Å². The third kappa shape index (κ3) is 8.25. The molecule has 1 unspecified atom stereocenters. The van der Waals surface area contributed by atoms with Gasteiger partial charge in [-0.1, -0.05) is 19.0 Å². The highest BCUT2D eigenvalue weighted by molar-refractivity contribution is 5.90. The fraction of sp³-hybridized carbons (Fsp3) is 0.800. The van der Waals surface area contributed by atoms with Gasteiger partial charge in [-0.3, -0.25) is 4.79 Å². The fourth-order valence-corrected chi connectivity index (χ4v) is 1.24. The van der Waals surface area contributed by atoms with Crippen LogP contribution in [0.5, 0.6) is 0 Å². The molecule has 1 atom stereocenters. The number of oxime groups is 1. The van der Waals surface area contributed by atoms with Gasteiger partial charge in [0.1, 0.15) is 6.61 Å². The quantitative estimate of drug-likeness (QED) is 0.212. The van der Waals surface area contributed by atoms with Crippen molar-refractivity contribution in [3.05, 3.63) is 0 Å². The topological polar surface area (TPSA) is 96.9 Å². The van der Waals surface area contributed by atoms with Gasteiger partial charge in [-0.15, -0.1) is 0 Å². The Morgan fingerprint density at radius 2 is 2.05 bits per heavy atom. The van der Waals surface area contributed by atoms with Gasteiger partial charge < -0.3 is 21.0 Å². The van der Waals surface area contributed by atoms with E-state index in [-0.39, 0.29) is 24.8 Å². The molecule has 0 aromatic heterocycles. The third-order valence-corrected chi connectivity index (χ3v) is 2.16. The van der Waals surface area contributed by atoms with E-state index in [0.29, 0.717) is 0 Å². The van der Waals surface area contributed by atoms with Crippen molar-refractivity contribution in [2.45, 2.75) is 32.5 Å². The smallest absolute Gasteiger partial charge is 0.409 e. The van der Waals surface area contributed by atoms with E-state index in [1.807, 2.05) is 0 Å². The molecule has 0 fully saturated rings. The molecule has 112 valence electrons. The summed E-state index contributed by atoms with van der Waals surface area (Å²) in [5.74, 6) is -0.831. The van der Waals surface area contributed by atoms with Crippen molar-refractivity contribution in [3.8, 4) is 0 Å². The molecule has 0 saturated heterocycles. The molecule has 0 spiro atoms. The van der Waals surface area contributed by atoms with E-state index in [1.54, 1.807) is 13.8 Å². The average Bonchev–Trinajstić information content (AvgIpc) is 2.29. The Kier molecular flexibility index (Phi) is 7.20. The van der Waals surface area contributed by atoms with Crippen LogP contribution in [-0.4, -0.2) is 42.4 Å². The van der Waals surface area contributed by atoms with Gasteiger partial charge in [-0.2, -0.15) is 13.2 Å². The molecule has 19 heavy (non-hydrogen) atoms. The van der Waals surface area contributed by atoms with Crippen molar-refractivity contribution in [2.75, 3.05) is 13.2 Å². The zero-order chi connectivity index (χ0) is 15.1. The molecule has 9 heteroatoms. The predicted octanol–water partition coefficient (Wildman–Crippen LogP) is 0.843. The lowest BCUT2D eigenvalue weighted by atomic mass is 10.0. The Hall–Kier alpha value is -1.51. The van der Waals surface area contributed by atoms with Crippen molar-refractivity contribution in [3.63, 3.8) is 0 Å². The van der Waals surface area contributed by atoms with E-state index >= 15 is 0 Å². The number of carbonyl (C=O) groups excluding carboxylic acids is 1. The van der Waals surface area contributed by atoms with E-state index in [2.05, 4.69) is 15.2 Å². The van der Waals surface area contributed by atoms with Gasteiger partial charge in [0.25, 0.3) is 0 Å². The molecular formula is C10H18F3N3O3. The average molecular weight is 285 g/mol. The first-order valence-electron chi connectivity index (χ1n) is 5.58. The minimum atomic E-state index is -4.41. The van der Waals surface area contributed by atoms with Crippen LogP contribution in [-0.2, 0) is 9.53 Å². The fourth-order valence-electron chi connectivity index (χ4n) is 1.24. The van der Waals surface area contributed by atoms with Crippen molar-refractivity contribution >= 4 is 11.7 Å². The van der Waals surface area contributed by atoms with E-state index in [1.165, 1.54) is 0 Å². The second-order valence-corrected chi connectivity index (χ2v) is 4.23. The maximum absolute atomic E-state index is 11.8. The molecule has 0 heterocycles. The van der Waals surface area contributed by atoms with Crippen LogP contribution >= 0.6 is 0 Å². The second kappa shape index (κ2) is 7.82. The lowest BCUT2D eigenvalue weighted by molar-refractivity contribution is -0.174. The Bertz CT molecular complexity index is 319. The molecule has 0 aliphatic rings. The normalized spacial score (nSPS) is 14.5. The maximum atomic E-state index is 11.8.